The summed E-state index contributed by atoms with van der Waals surface area (Å²) in [6, 6.07) is 20.0. The third kappa shape index (κ3) is 3.82. The number of fused-ring (bicyclic) bond motifs is 1. The van der Waals surface area contributed by atoms with Gasteiger partial charge in [0.1, 0.15) is 6.07 Å². The number of rotatable bonds is 4. The number of hydrogen-bond acceptors (Lipinski definition) is 5. The predicted molar refractivity (Wildman–Crippen MR) is 146 cm³/mol. The highest BCUT2D eigenvalue weighted by Crippen LogP contribution is 2.46. The van der Waals surface area contributed by atoms with Crippen LogP contribution in [-0.4, -0.2) is 48.0 Å². The van der Waals surface area contributed by atoms with Crippen molar-refractivity contribution in [1.29, 1.82) is 5.26 Å². The molecule has 2 N–H and O–H groups in total. The zero-order valence-electron chi connectivity index (χ0n) is 21.6. The highest BCUT2D eigenvalue weighted by molar-refractivity contribution is 6.02. The summed E-state index contributed by atoms with van der Waals surface area (Å²) < 4.78 is 0. The Morgan fingerprint density at radius 1 is 1.03 bits per heavy atom. The van der Waals surface area contributed by atoms with Gasteiger partial charge in [0, 0.05) is 16.8 Å². The minimum atomic E-state index is -0.344. The molecule has 0 bridgehead atoms. The third-order valence-electron chi connectivity index (χ3n) is 8.64. The number of amides is 3. The second-order valence-electron chi connectivity index (χ2n) is 10.8. The number of pyridine rings is 1. The first-order chi connectivity index (χ1) is 18.3. The van der Waals surface area contributed by atoms with Crippen LogP contribution < -0.4 is 15.5 Å². The summed E-state index contributed by atoms with van der Waals surface area (Å²) in [5, 5.41) is 16.1. The molecule has 1 spiro atoms. The molecule has 8 nitrogen and oxygen atoms in total. The second-order valence-corrected chi connectivity index (χ2v) is 10.8. The summed E-state index contributed by atoms with van der Waals surface area (Å²) in [7, 11) is 4.26. The molecule has 2 aliphatic heterocycles. The van der Waals surface area contributed by atoms with E-state index in [1.54, 1.807) is 17.2 Å². The van der Waals surface area contributed by atoms with Crippen LogP contribution in [0.2, 0.25) is 0 Å². The van der Waals surface area contributed by atoms with Gasteiger partial charge < -0.3 is 10.6 Å². The van der Waals surface area contributed by atoms with E-state index in [-0.39, 0.29) is 29.4 Å². The zero-order chi connectivity index (χ0) is 26.5. The monoisotopic (exact) mass is 506 g/mol. The number of carbonyl (C=O) groups is 2. The molecular weight excluding hydrogens is 476 g/mol. The van der Waals surface area contributed by atoms with Crippen LogP contribution in [0.5, 0.6) is 0 Å². The van der Waals surface area contributed by atoms with Crippen LogP contribution in [0, 0.1) is 11.3 Å². The van der Waals surface area contributed by atoms with Crippen LogP contribution in [0.25, 0.3) is 11.3 Å². The van der Waals surface area contributed by atoms with Gasteiger partial charge in [0.05, 0.1) is 41.6 Å². The van der Waals surface area contributed by atoms with Gasteiger partial charge in [-0.2, -0.15) is 5.26 Å². The van der Waals surface area contributed by atoms with Crippen molar-refractivity contribution in [2.24, 2.45) is 0 Å². The van der Waals surface area contributed by atoms with Gasteiger partial charge in [0.25, 0.3) is 0 Å². The topological polar surface area (TPSA) is 101 Å². The van der Waals surface area contributed by atoms with Crippen molar-refractivity contribution >= 4 is 23.3 Å². The lowest BCUT2D eigenvalue weighted by atomic mass is 9.69. The summed E-state index contributed by atoms with van der Waals surface area (Å²) in [6.45, 7) is 0.499. The number of urea groups is 1. The highest BCUT2D eigenvalue weighted by Gasteiger charge is 2.50. The average Bonchev–Trinajstić information content (AvgIpc) is 3.47. The lowest BCUT2D eigenvalue weighted by Crippen LogP contribution is -2.54. The number of nitrogens with one attached hydrogen (secondary N) is 2. The standard InChI is InChI=1S/C30H30N6O2/c1-35(2)30(21-7-4-3-5-8-21)13-11-29(12-14-30)19-36(28(38)34-29)26-18-32-25(15-20(26)17-31)22-9-6-10-24-23(22)16-27(37)33-24/h3-10,15,18H,11-14,16,19H2,1-2H3,(H,33,37)(H,34,38)/t29-,30+. The Balaban J connectivity index is 1.26. The van der Waals surface area contributed by atoms with E-state index >= 15 is 0 Å². The summed E-state index contributed by atoms with van der Waals surface area (Å²) in [5.41, 5.74) is 4.88. The van der Waals surface area contributed by atoms with Crippen molar-refractivity contribution in [3.05, 3.63) is 77.5 Å². The second kappa shape index (κ2) is 8.96. The van der Waals surface area contributed by atoms with Crippen LogP contribution in [0.1, 0.15) is 42.4 Å². The Bertz CT molecular complexity index is 1470. The molecule has 3 aromatic rings. The maximum atomic E-state index is 13.2. The van der Waals surface area contributed by atoms with Crippen LogP contribution >= 0.6 is 0 Å². The van der Waals surface area contributed by atoms with Gasteiger partial charge >= 0.3 is 6.03 Å². The van der Waals surface area contributed by atoms with E-state index in [1.807, 2.05) is 24.3 Å². The Labute approximate surface area is 222 Å². The predicted octanol–water partition coefficient (Wildman–Crippen LogP) is 4.41. The van der Waals surface area contributed by atoms with E-state index in [9.17, 15) is 14.9 Å². The quantitative estimate of drug-likeness (QED) is 0.546. The van der Waals surface area contributed by atoms with Gasteiger partial charge in [0.15, 0.2) is 0 Å². The normalized spacial score (nSPS) is 24.3. The molecule has 2 aromatic carbocycles. The molecule has 0 radical (unpaired) electrons. The SMILES string of the molecule is CN(C)[C@]1(c2ccccc2)CC[C@]2(CC1)CN(c1cnc(-c3cccc4c3CC(=O)N4)cc1C#N)C(=O)N2. The third-order valence-corrected chi connectivity index (χ3v) is 8.64. The molecule has 2 fully saturated rings. The molecule has 6 rings (SSSR count). The lowest BCUT2D eigenvalue weighted by Gasteiger charge is -2.48. The number of anilines is 2. The van der Waals surface area contributed by atoms with Gasteiger partial charge in [-0.1, -0.05) is 42.5 Å². The maximum absolute atomic E-state index is 13.2. The van der Waals surface area contributed by atoms with E-state index in [1.165, 1.54) is 5.56 Å². The summed E-state index contributed by atoms with van der Waals surface area (Å²) in [6.07, 6.45) is 5.43. The maximum Gasteiger partial charge on any atom is 0.322 e. The van der Waals surface area contributed by atoms with Crippen molar-refractivity contribution in [2.45, 2.75) is 43.2 Å². The summed E-state index contributed by atoms with van der Waals surface area (Å²) >= 11 is 0. The molecule has 38 heavy (non-hydrogen) atoms. The first kappa shape index (κ1) is 24.1. The van der Waals surface area contributed by atoms with Crippen LogP contribution in [0.15, 0.2) is 60.8 Å². The summed E-state index contributed by atoms with van der Waals surface area (Å²) in [4.78, 5) is 33.8. The molecule has 1 aliphatic carbocycles. The average molecular weight is 507 g/mol. The van der Waals surface area contributed by atoms with Gasteiger partial charge in [-0.3, -0.25) is 19.6 Å². The number of nitriles is 1. The fourth-order valence-corrected chi connectivity index (χ4v) is 6.46. The largest absolute Gasteiger partial charge is 0.330 e. The van der Waals surface area contributed by atoms with E-state index in [0.717, 1.165) is 42.5 Å². The molecule has 0 atom stereocenters. The minimum Gasteiger partial charge on any atom is -0.330 e. The molecule has 3 amide bonds. The molecule has 0 unspecified atom stereocenters. The zero-order valence-corrected chi connectivity index (χ0v) is 21.6. The van der Waals surface area contributed by atoms with Gasteiger partial charge in [-0.05, 0) is 63.0 Å². The number of benzene rings is 2. The Hall–Kier alpha value is -4.22. The van der Waals surface area contributed by atoms with E-state index in [0.29, 0.717) is 23.5 Å². The molecule has 8 heteroatoms. The van der Waals surface area contributed by atoms with Gasteiger partial charge in [-0.15, -0.1) is 0 Å². The van der Waals surface area contributed by atoms with Crippen molar-refractivity contribution < 1.29 is 9.59 Å². The molecular formula is C30H30N6O2. The van der Waals surface area contributed by atoms with E-state index < -0.39 is 0 Å². The van der Waals surface area contributed by atoms with Gasteiger partial charge in [0.2, 0.25) is 5.91 Å². The van der Waals surface area contributed by atoms with Crippen molar-refractivity contribution in [1.82, 2.24) is 15.2 Å². The minimum absolute atomic E-state index is 0.0540. The lowest BCUT2D eigenvalue weighted by molar-refractivity contribution is -0.115. The van der Waals surface area contributed by atoms with Crippen molar-refractivity contribution in [3.63, 3.8) is 0 Å². The van der Waals surface area contributed by atoms with Crippen molar-refractivity contribution in [3.8, 4) is 17.3 Å². The van der Waals surface area contributed by atoms with E-state index in [4.69, 9.17) is 0 Å². The Morgan fingerprint density at radius 3 is 2.50 bits per heavy atom. The van der Waals surface area contributed by atoms with Crippen LogP contribution in [0.3, 0.4) is 0 Å². The molecule has 1 aromatic heterocycles. The first-order valence-corrected chi connectivity index (χ1v) is 13.0. The van der Waals surface area contributed by atoms with E-state index in [2.05, 4.69) is 64.9 Å². The molecule has 3 aliphatic rings. The molecule has 3 heterocycles. The molecule has 192 valence electrons. The van der Waals surface area contributed by atoms with Crippen LogP contribution in [-0.2, 0) is 16.8 Å². The fraction of sp³-hybridized carbons (Fsp3) is 0.333. The molecule has 1 saturated carbocycles. The number of aromatic nitrogens is 1. The fourth-order valence-electron chi connectivity index (χ4n) is 6.46. The number of nitrogens with zero attached hydrogens (tertiary/aromatic N) is 4. The van der Waals surface area contributed by atoms with Gasteiger partial charge in [-0.25, -0.2) is 4.79 Å². The Morgan fingerprint density at radius 2 is 1.79 bits per heavy atom. The smallest absolute Gasteiger partial charge is 0.322 e. The molecule has 1 saturated heterocycles. The van der Waals surface area contributed by atoms with Crippen LogP contribution in [0.4, 0.5) is 16.2 Å². The summed E-state index contributed by atoms with van der Waals surface area (Å²) in [5.74, 6) is -0.0540. The Kier molecular flexibility index (Phi) is 5.69. The number of carbonyl (C=O) groups excluding carboxylic acids is 2. The van der Waals surface area contributed by atoms with Crippen molar-refractivity contribution in [2.75, 3.05) is 30.9 Å². The highest BCUT2D eigenvalue weighted by atomic mass is 16.2. The first-order valence-electron chi connectivity index (χ1n) is 13.0. The number of hydrogen-bond donors (Lipinski definition) is 2.